The Kier molecular flexibility index (Phi) is 5.49. The van der Waals surface area contributed by atoms with Crippen LogP contribution in [0, 0.1) is 5.82 Å². The Morgan fingerprint density at radius 2 is 2.25 bits per heavy atom. The van der Waals surface area contributed by atoms with Gasteiger partial charge in [0.05, 0.1) is 10.7 Å². The van der Waals surface area contributed by atoms with Gasteiger partial charge < -0.3 is 10.1 Å². The minimum Gasteiger partial charge on any atom is -0.487 e. The van der Waals surface area contributed by atoms with E-state index >= 15 is 0 Å². The molecule has 0 fully saturated rings. The molecule has 0 bridgehead atoms. The van der Waals surface area contributed by atoms with E-state index in [-0.39, 0.29) is 5.82 Å². The van der Waals surface area contributed by atoms with Crippen molar-refractivity contribution >= 4 is 11.3 Å². The molecule has 1 N–H and O–H groups in total. The molecule has 3 nitrogen and oxygen atoms in total. The van der Waals surface area contributed by atoms with Crippen molar-refractivity contribution in [3.05, 3.63) is 45.7 Å². The van der Waals surface area contributed by atoms with Gasteiger partial charge >= 0.3 is 0 Å². The maximum Gasteiger partial charge on any atom is 0.131 e. The van der Waals surface area contributed by atoms with Crippen LogP contribution in [0.25, 0.3) is 0 Å². The number of thiazole rings is 1. The van der Waals surface area contributed by atoms with Gasteiger partial charge in [0.15, 0.2) is 0 Å². The zero-order chi connectivity index (χ0) is 14.4. The predicted molar refractivity (Wildman–Crippen MR) is 79.6 cm³/mol. The number of aromatic nitrogens is 1. The van der Waals surface area contributed by atoms with Crippen LogP contribution in [-0.2, 0) is 19.6 Å². The summed E-state index contributed by atoms with van der Waals surface area (Å²) in [5.74, 6) is 0.451. The number of aryl methyl sites for hydroxylation is 1. The zero-order valence-electron chi connectivity index (χ0n) is 11.8. The number of ether oxygens (including phenoxy) is 1. The zero-order valence-corrected chi connectivity index (χ0v) is 12.6. The molecule has 1 heterocycles. The summed E-state index contributed by atoms with van der Waals surface area (Å²) in [5.41, 5.74) is 1.75. The molecule has 0 saturated carbocycles. The molecular formula is C15H19FN2OS. The molecule has 0 aliphatic carbocycles. The van der Waals surface area contributed by atoms with Crippen LogP contribution in [0.1, 0.15) is 29.6 Å². The Bertz CT molecular complexity index is 557. The van der Waals surface area contributed by atoms with Crippen molar-refractivity contribution in [1.82, 2.24) is 10.3 Å². The van der Waals surface area contributed by atoms with E-state index in [2.05, 4.69) is 17.2 Å². The van der Waals surface area contributed by atoms with Crippen molar-refractivity contribution in [1.29, 1.82) is 0 Å². The summed E-state index contributed by atoms with van der Waals surface area (Å²) < 4.78 is 19.0. The molecule has 2 rings (SSSR count). The second-order valence-corrected chi connectivity index (χ2v) is 5.50. The fraction of sp³-hybridized carbons (Fsp3) is 0.400. The van der Waals surface area contributed by atoms with E-state index in [1.807, 2.05) is 12.4 Å². The van der Waals surface area contributed by atoms with Crippen LogP contribution in [0.4, 0.5) is 4.39 Å². The van der Waals surface area contributed by atoms with E-state index in [0.29, 0.717) is 18.9 Å². The SMILES string of the molecule is CCCc1nc(COc2ccc(F)cc2CNC)cs1. The highest BCUT2D eigenvalue weighted by molar-refractivity contribution is 7.09. The van der Waals surface area contributed by atoms with Crippen LogP contribution in [-0.4, -0.2) is 12.0 Å². The fourth-order valence-electron chi connectivity index (χ4n) is 1.91. The summed E-state index contributed by atoms with van der Waals surface area (Å²) in [7, 11) is 1.83. The third-order valence-corrected chi connectivity index (χ3v) is 3.79. The Balaban J connectivity index is 2.02. The summed E-state index contributed by atoms with van der Waals surface area (Å²) in [6.45, 7) is 3.13. The number of hydrogen-bond donors (Lipinski definition) is 1. The fourth-order valence-corrected chi connectivity index (χ4v) is 2.80. The van der Waals surface area contributed by atoms with E-state index in [1.54, 1.807) is 17.4 Å². The van der Waals surface area contributed by atoms with Crippen molar-refractivity contribution in [3.8, 4) is 5.75 Å². The molecule has 20 heavy (non-hydrogen) atoms. The van der Waals surface area contributed by atoms with Crippen molar-refractivity contribution in [2.24, 2.45) is 0 Å². The van der Waals surface area contributed by atoms with E-state index in [1.165, 1.54) is 12.1 Å². The average Bonchev–Trinajstić information content (AvgIpc) is 2.86. The number of nitrogens with zero attached hydrogens (tertiary/aromatic N) is 1. The molecule has 0 aliphatic heterocycles. The first-order valence-corrected chi connectivity index (χ1v) is 7.60. The minimum atomic E-state index is -0.249. The molecule has 0 radical (unpaired) electrons. The number of benzene rings is 1. The molecule has 0 saturated heterocycles. The second-order valence-electron chi connectivity index (χ2n) is 4.55. The largest absolute Gasteiger partial charge is 0.487 e. The molecule has 2 aromatic rings. The van der Waals surface area contributed by atoms with Gasteiger partial charge in [0.2, 0.25) is 0 Å². The highest BCUT2D eigenvalue weighted by atomic mass is 32.1. The van der Waals surface area contributed by atoms with Crippen LogP contribution in [0.15, 0.2) is 23.6 Å². The van der Waals surface area contributed by atoms with Gasteiger partial charge in [0, 0.05) is 17.5 Å². The van der Waals surface area contributed by atoms with E-state index in [0.717, 1.165) is 29.1 Å². The van der Waals surface area contributed by atoms with Crippen molar-refractivity contribution in [3.63, 3.8) is 0 Å². The van der Waals surface area contributed by atoms with E-state index in [9.17, 15) is 4.39 Å². The van der Waals surface area contributed by atoms with E-state index < -0.39 is 0 Å². The number of nitrogens with one attached hydrogen (secondary N) is 1. The van der Waals surface area contributed by atoms with Gasteiger partial charge in [0.25, 0.3) is 0 Å². The molecule has 0 amide bonds. The lowest BCUT2D eigenvalue weighted by atomic mass is 10.2. The third kappa shape index (κ3) is 4.02. The van der Waals surface area contributed by atoms with Gasteiger partial charge in [-0.05, 0) is 38.1 Å². The summed E-state index contributed by atoms with van der Waals surface area (Å²) in [6, 6.07) is 4.58. The lowest BCUT2D eigenvalue weighted by molar-refractivity contribution is 0.297. The van der Waals surface area contributed by atoms with Crippen LogP contribution in [0.3, 0.4) is 0 Å². The standard InChI is InChI=1S/C15H19FN2OS/c1-3-4-15-18-13(10-20-15)9-19-14-6-5-12(16)7-11(14)8-17-2/h5-7,10,17H,3-4,8-9H2,1-2H3. The van der Waals surface area contributed by atoms with Crippen molar-refractivity contribution in [2.45, 2.75) is 32.9 Å². The van der Waals surface area contributed by atoms with Gasteiger partial charge in [0.1, 0.15) is 18.2 Å². The molecular weight excluding hydrogens is 275 g/mol. The third-order valence-electron chi connectivity index (χ3n) is 2.83. The molecule has 5 heteroatoms. The molecule has 1 aromatic carbocycles. The first kappa shape index (κ1) is 14.9. The van der Waals surface area contributed by atoms with Crippen LogP contribution < -0.4 is 10.1 Å². The van der Waals surface area contributed by atoms with Gasteiger partial charge in [-0.2, -0.15) is 0 Å². The van der Waals surface area contributed by atoms with Crippen LogP contribution in [0.5, 0.6) is 5.75 Å². The van der Waals surface area contributed by atoms with Gasteiger partial charge in [-0.3, -0.25) is 0 Å². The highest BCUT2D eigenvalue weighted by Gasteiger charge is 2.07. The van der Waals surface area contributed by atoms with Crippen LogP contribution >= 0.6 is 11.3 Å². The Morgan fingerprint density at radius 3 is 3.00 bits per heavy atom. The number of halogens is 1. The minimum absolute atomic E-state index is 0.249. The van der Waals surface area contributed by atoms with Gasteiger partial charge in [-0.1, -0.05) is 6.92 Å². The number of rotatable bonds is 7. The maximum absolute atomic E-state index is 13.2. The van der Waals surface area contributed by atoms with Gasteiger partial charge in [-0.25, -0.2) is 9.37 Å². The average molecular weight is 294 g/mol. The molecule has 0 aliphatic rings. The molecule has 108 valence electrons. The Hall–Kier alpha value is -1.46. The lowest BCUT2D eigenvalue weighted by Crippen LogP contribution is -2.08. The monoisotopic (exact) mass is 294 g/mol. The molecule has 0 unspecified atom stereocenters. The first-order valence-electron chi connectivity index (χ1n) is 6.72. The topological polar surface area (TPSA) is 34.1 Å². The smallest absolute Gasteiger partial charge is 0.131 e. The van der Waals surface area contributed by atoms with Crippen molar-refractivity contribution < 1.29 is 9.13 Å². The Labute approximate surface area is 122 Å². The summed E-state index contributed by atoms with van der Waals surface area (Å²) in [6.07, 6.45) is 2.10. The lowest BCUT2D eigenvalue weighted by Gasteiger charge is -2.10. The maximum atomic E-state index is 13.2. The highest BCUT2D eigenvalue weighted by Crippen LogP contribution is 2.21. The molecule has 0 spiro atoms. The second kappa shape index (κ2) is 7.36. The predicted octanol–water partition coefficient (Wildman–Crippen LogP) is 3.53. The summed E-state index contributed by atoms with van der Waals surface area (Å²) in [4.78, 5) is 4.51. The van der Waals surface area contributed by atoms with Gasteiger partial charge in [-0.15, -0.1) is 11.3 Å². The normalized spacial score (nSPS) is 10.8. The van der Waals surface area contributed by atoms with E-state index in [4.69, 9.17) is 4.74 Å². The number of hydrogen-bond acceptors (Lipinski definition) is 4. The molecule has 0 atom stereocenters. The molecule has 1 aromatic heterocycles. The van der Waals surface area contributed by atoms with Crippen molar-refractivity contribution in [2.75, 3.05) is 7.05 Å². The summed E-state index contributed by atoms with van der Waals surface area (Å²) in [5, 5.41) is 6.17. The Morgan fingerprint density at radius 1 is 1.40 bits per heavy atom. The summed E-state index contributed by atoms with van der Waals surface area (Å²) >= 11 is 1.66. The van der Waals surface area contributed by atoms with Crippen LogP contribution in [0.2, 0.25) is 0 Å². The first-order chi connectivity index (χ1) is 9.72. The quantitative estimate of drug-likeness (QED) is 0.848.